The Kier molecular flexibility index (Phi) is 4.65. The lowest BCUT2D eigenvalue weighted by Crippen LogP contribution is -2.69. The molecule has 2 saturated heterocycles. The fourth-order valence-electron chi connectivity index (χ4n) is 4.90. The van der Waals surface area contributed by atoms with E-state index in [0.717, 1.165) is 12.8 Å². The van der Waals surface area contributed by atoms with Gasteiger partial charge in [0, 0.05) is 12.8 Å². The number of rotatable bonds is 2. The molecule has 2 aromatic rings. The molecule has 1 aliphatic carbocycles. The number of ether oxygens (including phenoxy) is 2. The van der Waals surface area contributed by atoms with Crippen molar-refractivity contribution in [2.75, 3.05) is 0 Å². The van der Waals surface area contributed by atoms with E-state index in [-0.39, 0.29) is 0 Å². The smallest absolute Gasteiger partial charge is 0.331 e. The first-order valence-corrected chi connectivity index (χ1v) is 10.4. The van der Waals surface area contributed by atoms with Gasteiger partial charge in [-0.05, 0) is 48.2 Å². The average molecular weight is 442 g/mol. The second-order valence-electron chi connectivity index (χ2n) is 8.35. The van der Waals surface area contributed by atoms with Crippen LogP contribution in [0.1, 0.15) is 48.9 Å². The summed E-state index contributed by atoms with van der Waals surface area (Å²) in [5, 5.41) is 5.23. The average Bonchev–Trinajstić information content (AvgIpc) is 3.20. The first-order valence-electron chi connectivity index (χ1n) is 10.4. The molecule has 3 fully saturated rings. The predicted octanol–water partition coefficient (Wildman–Crippen LogP) is 3.42. The van der Waals surface area contributed by atoms with Gasteiger partial charge < -0.3 is 20.1 Å². The molecule has 7 nitrogen and oxygen atoms in total. The monoisotopic (exact) mass is 442 g/mol. The number of carbonyl (C=O) groups excluding carboxylic acids is 3. The van der Waals surface area contributed by atoms with E-state index >= 15 is 0 Å². The van der Waals surface area contributed by atoms with Crippen molar-refractivity contribution in [1.29, 1.82) is 0 Å². The molecule has 2 aromatic carbocycles. The molecule has 2 spiro atoms. The van der Waals surface area contributed by atoms with Crippen LogP contribution in [0.15, 0.2) is 48.5 Å². The number of nitrogens with one attached hydrogen (secondary N) is 2. The van der Waals surface area contributed by atoms with E-state index in [2.05, 4.69) is 10.6 Å². The van der Waals surface area contributed by atoms with Gasteiger partial charge in [0.2, 0.25) is 5.41 Å². The topological polar surface area (TPSA) is 93.7 Å². The summed E-state index contributed by atoms with van der Waals surface area (Å²) < 4.78 is 38.7. The Balaban J connectivity index is 1.68. The van der Waals surface area contributed by atoms with Crippen molar-refractivity contribution in [1.82, 2.24) is 10.6 Å². The maximum atomic E-state index is 13.7. The third-order valence-electron chi connectivity index (χ3n) is 6.47. The molecule has 0 aromatic heterocycles. The molecule has 1 saturated carbocycles. The van der Waals surface area contributed by atoms with Crippen molar-refractivity contribution < 1.29 is 32.6 Å². The quantitative estimate of drug-likeness (QED) is 0.549. The number of carbonyl (C=O) groups is 3. The van der Waals surface area contributed by atoms with Gasteiger partial charge in [-0.25, -0.2) is 13.6 Å². The lowest BCUT2D eigenvalue weighted by Gasteiger charge is -2.50. The summed E-state index contributed by atoms with van der Waals surface area (Å²) in [4.78, 5) is 40.0. The highest BCUT2D eigenvalue weighted by atomic mass is 19.1. The van der Waals surface area contributed by atoms with Crippen LogP contribution in [0.3, 0.4) is 0 Å². The fraction of sp³-hybridized carbons (Fsp3) is 0.348. The molecule has 0 bridgehead atoms. The van der Waals surface area contributed by atoms with Crippen LogP contribution < -0.4 is 10.6 Å². The highest BCUT2D eigenvalue weighted by Crippen LogP contribution is 2.54. The molecular weight excluding hydrogens is 422 g/mol. The molecule has 2 atom stereocenters. The maximum absolute atomic E-state index is 13.7. The second kappa shape index (κ2) is 7.29. The van der Waals surface area contributed by atoms with Crippen LogP contribution in [0, 0.1) is 17.0 Å². The molecule has 2 N–H and O–H groups in total. The van der Waals surface area contributed by atoms with Crippen molar-refractivity contribution in [3.8, 4) is 0 Å². The second-order valence-corrected chi connectivity index (χ2v) is 8.35. The predicted molar refractivity (Wildman–Crippen MR) is 106 cm³/mol. The number of esters is 2. The van der Waals surface area contributed by atoms with E-state index < -0.39 is 52.9 Å². The van der Waals surface area contributed by atoms with Gasteiger partial charge in [0.1, 0.15) is 11.6 Å². The molecule has 0 unspecified atom stereocenters. The van der Waals surface area contributed by atoms with Crippen molar-refractivity contribution in [2.24, 2.45) is 5.41 Å². The Morgan fingerprint density at radius 2 is 1.12 bits per heavy atom. The van der Waals surface area contributed by atoms with Crippen LogP contribution in [-0.4, -0.2) is 23.8 Å². The van der Waals surface area contributed by atoms with E-state index in [4.69, 9.17) is 9.47 Å². The summed E-state index contributed by atoms with van der Waals surface area (Å²) in [5.74, 6) is -4.06. The highest BCUT2D eigenvalue weighted by Gasteiger charge is 2.69. The summed E-state index contributed by atoms with van der Waals surface area (Å²) in [6, 6.07) is 7.15. The van der Waals surface area contributed by atoms with Crippen LogP contribution in [0.4, 0.5) is 13.6 Å². The summed E-state index contributed by atoms with van der Waals surface area (Å²) in [6.45, 7) is 0. The Labute approximate surface area is 182 Å². The van der Waals surface area contributed by atoms with Crippen molar-refractivity contribution >= 4 is 18.0 Å². The maximum Gasteiger partial charge on any atom is 0.331 e. The third kappa shape index (κ3) is 3.03. The third-order valence-corrected chi connectivity index (χ3v) is 6.47. The van der Waals surface area contributed by atoms with Gasteiger partial charge in [0.15, 0.2) is 0 Å². The molecule has 5 rings (SSSR count). The van der Waals surface area contributed by atoms with E-state index in [1.165, 1.54) is 48.5 Å². The molecule has 2 amide bonds. The van der Waals surface area contributed by atoms with Crippen molar-refractivity contribution in [2.45, 2.75) is 43.6 Å². The molecule has 2 heterocycles. The number of amides is 2. The van der Waals surface area contributed by atoms with Crippen LogP contribution in [0.25, 0.3) is 0 Å². The van der Waals surface area contributed by atoms with E-state index in [1.807, 2.05) is 0 Å². The minimum atomic E-state index is -2.04. The first-order chi connectivity index (χ1) is 15.3. The number of hydrogen-bond donors (Lipinski definition) is 2. The Morgan fingerprint density at radius 1 is 0.719 bits per heavy atom. The van der Waals surface area contributed by atoms with Gasteiger partial charge in [-0.3, -0.25) is 9.59 Å². The minimum absolute atomic E-state index is 0.324. The SMILES string of the molecule is O=C1N[C@H](c2ccc(F)cc2)C2(C(=O)OC3(CCCC3)OC2=O)[C@H](c2ccc(F)cc2)N1. The van der Waals surface area contributed by atoms with Gasteiger partial charge in [-0.1, -0.05) is 24.3 Å². The molecular formula is C23H20F2N2O5. The van der Waals surface area contributed by atoms with Crippen LogP contribution >= 0.6 is 0 Å². The van der Waals surface area contributed by atoms with Crippen molar-refractivity contribution in [3.63, 3.8) is 0 Å². The molecule has 166 valence electrons. The van der Waals surface area contributed by atoms with Crippen molar-refractivity contribution in [3.05, 3.63) is 71.3 Å². The Bertz CT molecular complexity index is 1000. The van der Waals surface area contributed by atoms with Gasteiger partial charge in [-0.2, -0.15) is 0 Å². The summed E-state index contributed by atoms with van der Waals surface area (Å²) in [5.41, 5.74) is -1.40. The lowest BCUT2D eigenvalue weighted by molar-refractivity contribution is -0.266. The van der Waals surface area contributed by atoms with Crippen LogP contribution in [-0.2, 0) is 19.1 Å². The lowest BCUT2D eigenvalue weighted by atomic mass is 9.67. The van der Waals surface area contributed by atoms with Gasteiger partial charge in [0.05, 0.1) is 12.1 Å². The highest BCUT2D eigenvalue weighted by molar-refractivity contribution is 6.05. The van der Waals surface area contributed by atoms with Gasteiger partial charge in [0.25, 0.3) is 5.79 Å². The number of urea groups is 1. The molecule has 0 radical (unpaired) electrons. The van der Waals surface area contributed by atoms with E-state index in [9.17, 15) is 23.2 Å². The fourth-order valence-corrected chi connectivity index (χ4v) is 4.90. The largest absolute Gasteiger partial charge is 0.421 e. The first kappa shape index (κ1) is 20.4. The Morgan fingerprint density at radius 3 is 1.53 bits per heavy atom. The summed E-state index contributed by atoms with van der Waals surface area (Å²) >= 11 is 0. The molecule has 32 heavy (non-hydrogen) atoms. The molecule has 9 heteroatoms. The standard InChI is InChI=1S/C23H20F2N2O5/c24-15-7-3-13(4-8-15)17-23(19(28)31-22(32-20(23)29)11-1-2-12-22)18(27-21(30)26-17)14-5-9-16(25)10-6-14/h3-10,17-18H,1-2,11-12H2,(H2,26,27,30)/t17-,18+. The van der Waals surface area contributed by atoms with Gasteiger partial charge in [-0.15, -0.1) is 0 Å². The number of halogens is 2. The van der Waals surface area contributed by atoms with Crippen LogP contribution in [0.2, 0.25) is 0 Å². The van der Waals surface area contributed by atoms with E-state index in [0.29, 0.717) is 24.0 Å². The van der Waals surface area contributed by atoms with Crippen LogP contribution in [0.5, 0.6) is 0 Å². The minimum Gasteiger partial charge on any atom is -0.421 e. The zero-order valence-electron chi connectivity index (χ0n) is 16.9. The summed E-state index contributed by atoms with van der Waals surface area (Å²) in [7, 11) is 0. The molecule has 3 aliphatic rings. The molecule has 2 aliphatic heterocycles. The summed E-state index contributed by atoms with van der Waals surface area (Å²) in [6.07, 6.45) is 2.27. The normalized spacial score (nSPS) is 25.8. The van der Waals surface area contributed by atoms with Gasteiger partial charge >= 0.3 is 18.0 Å². The Hall–Kier alpha value is -3.49. The number of hydrogen-bond acceptors (Lipinski definition) is 5. The van der Waals surface area contributed by atoms with E-state index in [1.54, 1.807) is 0 Å². The zero-order valence-corrected chi connectivity index (χ0v) is 16.9. The number of benzene rings is 2. The zero-order chi connectivity index (χ0) is 22.5.